The van der Waals surface area contributed by atoms with Crippen molar-refractivity contribution in [3.63, 3.8) is 0 Å². The van der Waals surface area contributed by atoms with Gasteiger partial charge in [-0.1, -0.05) is 0 Å². The van der Waals surface area contributed by atoms with Crippen molar-refractivity contribution in [1.82, 2.24) is 14.4 Å². The van der Waals surface area contributed by atoms with Crippen molar-refractivity contribution in [3.8, 4) is 6.07 Å². The second kappa shape index (κ2) is 10.1. The zero-order chi connectivity index (χ0) is 19.9. The molecule has 3 rings (SSSR count). The highest BCUT2D eigenvalue weighted by atomic mass is 16.5. The fraction of sp³-hybridized carbons (Fsp3) is 0.714. The van der Waals surface area contributed by atoms with E-state index in [-0.39, 0.29) is 12.0 Å². The number of carbonyl (C=O) groups is 1. The number of ether oxygens (including phenoxy) is 2. The molecule has 1 unspecified atom stereocenters. The molecule has 2 fully saturated rings. The minimum Gasteiger partial charge on any atom is -0.383 e. The molecule has 0 bridgehead atoms. The summed E-state index contributed by atoms with van der Waals surface area (Å²) in [5.41, 5.74) is 1.10. The Labute approximate surface area is 167 Å². The van der Waals surface area contributed by atoms with Gasteiger partial charge in [0.25, 0.3) is 5.91 Å². The van der Waals surface area contributed by atoms with Crippen LogP contribution in [-0.4, -0.2) is 79.4 Å². The number of likely N-dealkylation sites (tertiary alicyclic amines) is 1. The van der Waals surface area contributed by atoms with E-state index in [4.69, 9.17) is 14.7 Å². The first kappa shape index (κ1) is 20.8. The average molecular weight is 389 g/mol. The van der Waals surface area contributed by atoms with Crippen LogP contribution in [0.15, 0.2) is 12.3 Å². The van der Waals surface area contributed by atoms with Gasteiger partial charge < -0.3 is 23.8 Å². The normalized spacial score (nSPS) is 21.0. The van der Waals surface area contributed by atoms with E-state index in [1.807, 2.05) is 11.9 Å². The maximum absolute atomic E-state index is 13.3. The van der Waals surface area contributed by atoms with E-state index in [2.05, 4.69) is 11.0 Å². The summed E-state index contributed by atoms with van der Waals surface area (Å²) in [6.45, 7) is 6.02. The Kier molecular flexibility index (Phi) is 7.49. The van der Waals surface area contributed by atoms with Crippen molar-refractivity contribution in [2.75, 3.05) is 53.0 Å². The molecule has 1 aromatic rings. The molecule has 2 aliphatic rings. The van der Waals surface area contributed by atoms with Crippen LogP contribution in [0.2, 0.25) is 0 Å². The number of carbonyl (C=O) groups excluding carboxylic acids is 1. The third-order valence-electron chi connectivity index (χ3n) is 5.89. The molecule has 0 aromatic carbocycles. The number of hydrogen-bond donors (Lipinski definition) is 0. The summed E-state index contributed by atoms with van der Waals surface area (Å²) >= 11 is 0. The molecule has 7 nitrogen and oxygen atoms in total. The van der Waals surface area contributed by atoms with E-state index in [0.29, 0.717) is 23.7 Å². The fourth-order valence-corrected chi connectivity index (χ4v) is 4.20. The number of rotatable bonds is 8. The minimum absolute atomic E-state index is 0.00122. The summed E-state index contributed by atoms with van der Waals surface area (Å²) in [6, 6.07) is 3.82. The molecule has 2 aliphatic heterocycles. The monoisotopic (exact) mass is 388 g/mol. The van der Waals surface area contributed by atoms with Gasteiger partial charge in [0.1, 0.15) is 11.8 Å². The van der Waals surface area contributed by atoms with Crippen LogP contribution in [-0.2, 0) is 16.5 Å². The molecular formula is C21H32N4O3. The standard InChI is InChI=1S/C21H32N4O3/c1-23-14-18(13-22)12-20(23)21(26)25(16-19-4-3-10-28-19)15-17-5-7-24(8-6-17)9-11-27-2/h12,14,17,19H,3-11,15-16H2,1-2H3. The lowest BCUT2D eigenvalue weighted by atomic mass is 9.95. The molecule has 0 spiro atoms. The Morgan fingerprint density at radius 1 is 1.36 bits per heavy atom. The second-order valence-electron chi connectivity index (χ2n) is 7.96. The lowest BCUT2D eigenvalue weighted by Crippen LogP contribution is -2.44. The Bertz CT molecular complexity index is 682. The predicted molar refractivity (Wildman–Crippen MR) is 106 cm³/mol. The largest absolute Gasteiger partial charge is 0.383 e. The van der Waals surface area contributed by atoms with E-state index < -0.39 is 0 Å². The van der Waals surface area contributed by atoms with Crippen molar-refractivity contribution >= 4 is 5.91 Å². The predicted octanol–water partition coefficient (Wildman–Crippen LogP) is 1.88. The lowest BCUT2D eigenvalue weighted by molar-refractivity contribution is 0.0430. The molecule has 0 N–H and O–H groups in total. The molecule has 0 aliphatic carbocycles. The summed E-state index contributed by atoms with van der Waals surface area (Å²) in [4.78, 5) is 17.7. The van der Waals surface area contributed by atoms with Crippen molar-refractivity contribution in [1.29, 1.82) is 5.26 Å². The van der Waals surface area contributed by atoms with Gasteiger partial charge in [0.2, 0.25) is 0 Å². The summed E-state index contributed by atoms with van der Waals surface area (Å²) < 4.78 is 12.7. The highest BCUT2D eigenvalue weighted by Crippen LogP contribution is 2.22. The molecule has 1 aromatic heterocycles. The third-order valence-corrected chi connectivity index (χ3v) is 5.89. The average Bonchev–Trinajstić information content (AvgIpc) is 3.35. The van der Waals surface area contributed by atoms with Gasteiger partial charge in [-0.05, 0) is 50.8 Å². The first-order valence-corrected chi connectivity index (χ1v) is 10.3. The summed E-state index contributed by atoms with van der Waals surface area (Å²) in [7, 11) is 3.56. The number of aromatic nitrogens is 1. The molecule has 28 heavy (non-hydrogen) atoms. The van der Waals surface area contributed by atoms with Crippen molar-refractivity contribution in [3.05, 3.63) is 23.5 Å². The van der Waals surface area contributed by atoms with Crippen LogP contribution in [0.3, 0.4) is 0 Å². The molecule has 0 saturated carbocycles. The van der Waals surface area contributed by atoms with E-state index in [1.54, 1.807) is 23.9 Å². The molecule has 154 valence electrons. The van der Waals surface area contributed by atoms with Gasteiger partial charge in [-0.25, -0.2) is 0 Å². The first-order chi connectivity index (χ1) is 13.6. The van der Waals surface area contributed by atoms with E-state index in [1.165, 1.54) is 0 Å². The number of amides is 1. The first-order valence-electron chi connectivity index (χ1n) is 10.3. The summed E-state index contributed by atoms with van der Waals surface area (Å²) in [5.74, 6) is 0.501. The van der Waals surface area contributed by atoms with Gasteiger partial charge in [0.15, 0.2) is 0 Å². The van der Waals surface area contributed by atoms with E-state index in [9.17, 15) is 4.79 Å². The van der Waals surface area contributed by atoms with Crippen LogP contribution in [0.4, 0.5) is 0 Å². The third kappa shape index (κ3) is 5.34. The van der Waals surface area contributed by atoms with Gasteiger partial charge >= 0.3 is 0 Å². The number of piperidine rings is 1. The molecular weight excluding hydrogens is 356 g/mol. The van der Waals surface area contributed by atoms with Crippen LogP contribution in [0.5, 0.6) is 0 Å². The molecule has 0 radical (unpaired) electrons. The number of aryl methyl sites for hydroxylation is 1. The topological polar surface area (TPSA) is 70.7 Å². The SMILES string of the molecule is COCCN1CCC(CN(CC2CCCO2)C(=O)c2cc(C#N)cn2C)CC1. The van der Waals surface area contributed by atoms with Crippen molar-refractivity contribution in [2.45, 2.75) is 31.8 Å². The Balaban J connectivity index is 1.64. The van der Waals surface area contributed by atoms with Crippen LogP contribution >= 0.6 is 0 Å². The molecule has 7 heteroatoms. The molecule has 3 heterocycles. The van der Waals surface area contributed by atoms with Gasteiger partial charge in [0, 0.05) is 46.6 Å². The highest BCUT2D eigenvalue weighted by molar-refractivity contribution is 5.93. The molecule has 1 atom stereocenters. The lowest BCUT2D eigenvalue weighted by Gasteiger charge is -2.35. The zero-order valence-electron chi connectivity index (χ0n) is 17.1. The second-order valence-corrected chi connectivity index (χ2v) is 7.96. The maximum atomic E-state index is 13.3. The van der Waals surface area contributed by atoms with Crippen LogP contribution < -0.4 is 0 Å². The Morgan fingerprint density at radius 2 is 2.14 bits per heavy atom. The summed E-state index contributed by atoms with van der Waals surface area (Å²) in [6.07, 6.45) is 6.10. The van der Waals surface area contributed by atoms with Crippen molar-refractivity contribution < 1.29 is 14.3 Å². The van der Waals surface area contributed by atoms with Gasteiger partial charge in [0.05, 0.1) is 18.3 Å². The van der Waals surface area contributed by atoms with Gasteiger partial charge in [-0.2, -0.15) is 5.26 Å². The Morgan fingerprint density at radius 3 is 2.75 bits per heavy atom. The fourth-order valence-electron chi connectivity index (χ4n) is 4.20. The Hall–Kier alpha value is -1.88. The van der Waals surface area contributed by atoms with E-state index in [0.717, 1.165) is 65.1 Å². The van der Waals surface area contributed by atoms with Gasteiger partial charge in [-0.3, -0.25) is 4.79 Å². The molecule has 2 saturated heterocycles. The van der Waals surface area contributed by atoms with E-state index >= 15 is 0 Å². The summed E-state index contributed by atoms with van der Waals surface area (Å²) in [5, 5.41) is 9.15. The minimum atomic E-state index is 0.00122. The van der Waals surface area contributed by atoms with Crippen LogP contribution in [0.25, 0.3) is 0 Å². The quantitative estimate of drug-likeness (QED) is 0.680. The van der Waals surface area contributed by atoms with Crippen LogP contribution in [0, 0.1) is 17.2 Å². The molecule has 1 amide bonds. The number of nitrogens with zero attached hydrogens (tertiary/aromatic N) is 4. The number of methoxy groups -OCH3 is 1. The van der Waals surface area contributed by atoms with Crippen molar-refractivity contribution in [2.24, 2.45) is 13.0 Å². The zero-order valence-corrected chi connectivity index (χ0v) is 17.1. The smallest absolute Gasteiger partial charge is 0.270 e. The van der Waals surface area contributed by atoms with Crippen LogP contribution in [0.1, 0.15) is 41.7 Å². The van der Waals surface area contributed by atoms with Gasteiger partial charge in [-0.15, -0.1) is 0 Å². The number of nitriles is 1. The number of hydrogen-bond acceptors (Lipinski definition) is 5. The highest BCUT2D eigenvalue weighted by Gasteiger charge is 2.29. The maximum Gasteiger partial charge on any atom is 0.270 e.